The van der Waals surface area contributed by atoms with E-state index in [-0.39, 0.29) is 23.0 Å². The number of aryl methyl sites for hydroxylation is 2. The van der Waals surface area contributed by atoms with Crippen LogP contribution in [0, 0.1) is 6.92 Å². The third kappa shape index (κ3) is 3.56. The average Bonchev–Trinajstić information content (AvgIpc) is 2.99. The van der Waals surface area contributed by atoms with Crippen molar-refractivity contribution < 1.29 is 4.79 Å². The number of rotatable bonds is 4. The number of thiophene rings is 1. The Balaban J connectivity index is 1.90. The van der Waals surface area contributed by atoms with Crippen LogP contribution in [-0.2, 0) is 17.8 Å². The largest absolute Gasteiger partial charge is 0.323 e. The second kappa shape index (κ2) is 7.15. The van der Waals surface area contributed by atoms with Gasteiger partial charge in [-0.1, -0.05) is 36.2 Å². The maximum absolute atomic E-state index is 12.7. The second-order valence-corrected chi connectivity index (χ2v) is 7.39. The Morgan fingerprint density at radius 2 is 2.12 bits per heavy atom. The van der Waals surface area contributed by atoms with Crippen molar-refractivity contribution in [1.82, 2.24) is 9.55 Å². The Morgan fingerprint density at radius 1 is 1.36 bits per heavy atom. The first-order valence-electron chi connectivity index (χ1n) is 7.64. The minimum atomic E-state index is -0.374. The molecule has 0 bridgehead atoms. The Hall–Kier alpha value is -1.89. The highest BCUT2D eigenvalue weighted by Gasteiger charge is 2.15. The minimum absolute atomic E-state index is 0.145. The number of nitrogens with one attached hydrogen (secondary N) is 1. The van der Waals surface area contributed by atoms with Crippen LogP contribution < -0.4 is 10.9 Å². The Labute approximate surface area is 158 Å². The summed E-state index contributed by atoms with van der Waals surface area (Å²) in [7, 11) is 0. The SMILES string of the molecule is CCc1cc2c(=O)n(CC(=O)Nc3cccc(Cl)c3Cl)c(C)nc2s1. The Morgan fingerprint density at radius 3 is 2.84 bits per heavy atom. The highest BCUT2D eigenvalue weighted by molar-refractivity contribution is 7.18. The molecular formula is C17H15Cl2N3O2S. The third-order valence-corrected chi connectivity index (χ3v) is 5.76. The first-order chi connectivity index (χ1) is 11.9. The molecule has 0 atom stereocenters. The van der Waals surface area contributed by atoms with Gasteiger partial charge in [-0.2, -0.15) is 0 Å². The van der Waals surface area contributed by atoms with E-state index in [2.05, 4.69) is 10.3 Å². The summed E-state index contributed by atoms with van der Waals surface area (Å²) in [6.07, 6.45) is 0.841. The third-order valence-electron chi connectivity index (χ3n) is 3.77. The van der Waals surface area contributed by atoms with E-state index in [9.17, 15) is 9.59 Å². The summed E-state index contributed by atoms with van der Waals surface area (Å²) in [4.78, 5) is 31.3. The number of hydrogen-bond donors (Lipinski definition) is 1. The van der Waals surface area contributed by atoms with Crippen molar-refractivity contribution in [2.45, 2.75) is 26.8 Å². The molecule has 0 radical (unpaired) electrons. The summed E-state index contributed by atoms with van der Waals surface area (Å²) in [5, 5.41) is 3.83. The predicted octanol–water partition coefficient (Wildman–Crippen LogP) is 4.27. The van der Waals surface area contributed by atoms with Crippen molar-refractivity contribution in [3.8, 4) is 0 Å². The normalized spacial score (nSPS) is 11.0. The van der Waals surface area contributed by atoms with Crippen LogP contribution in [0.2, 0.25) is 10.0 Å². The van der Waals surface area contributed by atoms with Crippen molar-refractivity contribution in [3.05, 3.63) is 55.4 Å². The first kappa shape index (κ1) is 17.9. The van der Waals surface area contributed by atoms with Gasteiger partial charge in [-0.25, -0.2) is 4.98 Å². The number of amides is 1. The molecule has 3 aromatic rings. The second-order valence-electron chi connectivity index (χ2n) is 5.48. The van der Waals surface area contributed by atoms with Crippen molar-refractivity contribution in [2.24, 2.45) is 0 Å². The lowest BCUT2D eigenvalue weighted by atomic mass is 10.3. The van der Waals surface area contributed by atoms with E-state index in [1.54, 1.807) is 25.1 Å². The molecule has 0 saturated carbocycles. The van der Waals surface area contributed by atoms with Crippen LogP contribution in [0.5, 0.6) is 0 Å². The number of anilines is 1. The molecule has 0 spiro atoms. The van der Waals surface area contributed by atoms with Gasteiger partial charge in [-0.15, -0.1) is 11.3 Å². The summed E-state index contributed by atoms with van der Waals surface area (Å²) >= 11 is 13.5. The zero-order chi connectivity index (χ0) is 18.1. The van der Waals surface area contributed by atoms with Crippen LogP contribution in [0.3, 0.4) is 0 Å². The van der Waals surface area contributed by atoms with E-state index >= 15 is 0 Å². The molecule has 1 aromatic carbocycles. The van der Waals surface area contributed by atoms with E-state index in [1.165, 1.54) is 15.9 Å². The van der Waals surface area contributed by atoms with Gasteiger partial charge in [0.15, 0.2) is 0 Å². The van der Waals surface area contributed by atoms with Gasteiger partial charge in [-0.3, -0.25) is 14.2 Å². The summed E-state index contributed by atoms with van der Waals surface area (Å²) < 4.78 is 1.36. The first-order valence-corrected chi connectivity index (χ1v) is 9.21. The maximum atomic E-state index is 12.7. The number of hydrogen-bond acceptors (Lipinski definition) is 4. The fourth-order valence-corrected chi connectivity index (χ4v) is 3.81. The molecule has 5 nitrogen and oxygen atoms in total. The molecule has 2 heterocycles. The number of nitrogens with zero attached hydrogens (tertiary/aromatic N) is 2. The average molecular weight is 396 g/mol. The molecule has 0 unspecified atom stereocenters. The molecule has 25 heavy (non-hydrogen) atoms. The Kier molecular flexibility index (Phi) is 5.13. The van der Waals surface area contributed by atoms with E-state index in [0.717, 1.165) is 11.3 Å². The highest BCUT2D eigenvalue weighted by Crippen LogP contribution is 2.29. The predicted molar refractivity (Wildman–Crippen MR) is 103 cm³/mol. The molecule has 3 rings (SSSR count). The van der Waals surface area contributed by atoms with E-state index in [1.807, 2.05) is 13.0 Å². The van der Waals surface area contributed by atoms with Gasteiger partial charge < -0.3 is 5.32 Å². The molecule has 8 heteroatoms. The quantitative estimate of drug-likeness (QED) is 0.716. The van der Waals surface area contributed by atoms with Crippen LogP contribution in [0.1, 0.15) is 17.6 Å². The summed E-state index contributed by atoms with van der Waals surface area (Å²) in [5.41, 5.74) is 0.188. The monoisotopic (exact) mass is 395 g/mol. The highest BCUT2D eigenvalue weighted by atomic mass is 35.5. The van der Waals surface area contributed by atoms with Crippen LogP contribution in [-0.4, -0.2) is 15.5 Å². The zero-order valence-electron chi connectivity index (χ0n) is 13.6. The zero-order valence-corrected chi connectivity index (χ0v) is 15.9. The van der Waals surface area contributed by atoms with Gasteiger partial charge in [-0.05, 0) is 31.5 Å². The summed E-state index contributed by atoms with van der Waals surface area (Å²) in [6.45, 7) is 3.60. The lowest BCUT2D eigenvalue weighted by Gasteiger charge is -2.11. The van der Waals surface area contributed by atoms with Crippen molar-refractivity contribution in [1.29, 1.82) is 0 Å². The van der Waals surface area contributed by atoms with Crippen molar-refractivity contribution >= 4 is 56.3 Å². The van der Waals surface area contributed by atoms with E-state index < -0.39 is 0 Å². The fourth-order valence-electron chi connectivity index (χ4n) is 2.46. The molecule has 2 aromatic heterocycles. The molecule has 0 aliphatic rings. The Bertz CT molecular complexity index is 1030. The molecule has 0 aliphatic heterocycles. The molecular weight excluding hydrogens is 381 g/mol. The summed E-state index contributed by atoms with van der Waals surface area (Å²) in [6, 6.07) is 6.81. The smallest absolute Gasteiger partial charge is 0.262 e. The van der Waals surface area contributed by atoms with Gasteiger partial charge in [0.2, 0.25) is 5.91 Å². The topological polar surface area (TPSA) is 64.0 Å². The van der Waals surface area contributed by atoms with Gasteiger partial charge in [0, 0.05) is 4.88 Å². The van der Waals surface area contributed by atoms with E-state index in [4.69, 9.17) is 23.2 Å². The molecule has 130 valence electrons. The number of carbonyl (C=O) groups is 1. The van der Waals surface area contributed by atoms with Crippen LogP contribution in [0.25, 0.3) is 10.2 Å². The van der Waals surface area contributed by atoms with Crippen LogP contribution >= 0.6 is 34.5 Å². The van der Waals surface area contributed by atoms with Gasteiger partial charge in [0.05, 0.1) is 21.1 Å². The molecule has 1 amide bonds. The molecule has 0 saturated heterocycles. The molecule has 0 aliphatic carbocycles. The number of carbonyl (C=O) groups excluding carboxylic acids is 1. The van der Waals surface area contributed by atoms with Gasteiger partial charge in [0.25, 0.3) is 5.56 Å². The van der Waals surface area contributed by atoms with Crippen LogP contribution in [0.4, 0.5) is 5.69 Å². The van der Waals surface area contributed by atoms with E-state index in [0.29, 0.717) is 26.8 Å². The number of halogens is 2. The molecule has 0 fully saturated rings. The fraction of sp³-hybridized carbons (Fsp3) is 0.235. The number of benzene rings is 1. The standard InChI is InChI=1S/C17H15Cl2N3O2S/c1-3-10-7-11-16(25-10)20-9(2)22(17(11)24)8-14(23)21-13-6-4-5-12(18)15(13)19/h4-7H,3,8H2,1-2H3,(H,21,23). The van der Waals surface area contributed by atoms with Crippen molar-refractivity contribution in [2.75, 3.05) is 5.32 Å². The number of aromatic nitrogens is 2. The van der Waals surface area contributed by atoms with Crippen molar-refractivity contribution in [3.63, 3.8) is 0 Å². The maximum Gasteiger partial charge on any atom is 0.262 e. The van der Waals surface area contributed by atoms with Gasteiger partial charge >= 0.3 is 0 Å². The lowest BCUT2D eigenvalue weighted by molar-refractivity contribution is -0.116. The lowest BCUT2D eigenvalue weighted by Crippen LogP contribution is -2.29. The minimum Gasteiger partial charge on any atom is -0.323 e. The van der Waals surface area contributed by atoms with Gasteiger partial charge in [0.1, 0.15) is 17.2 Å². The number of fused-ring (bicyclic) bond motifs is 1. The summed E-state index contributed by atoms with van der Waals surface area (Å²) in [5.74, 6) is 0.121. The molecule has 1 N–H and O–H groups in total. The van der Waals surface area contributed by atoms with Crippen LogP contribution in [0.15, 0.2) is 29.1 Å².